The molecule has 0 aromatic rings. The molecule has 1 aliphatic carbocycles. The number of rotatable bonds is 3. The van der Waals surface area contributed by atoms with Gasteiger partial charge in [-0.15, -0.1) is 0 Å². The Labute approximate surface area is 114 Å². The highest BCUT2D eigenvalue weighted by Gasteiger charge is 2.20. The topological polar surface area (TPSA) is 59.4 Å². The number of nitriles is 1. The van der Waals surface area contributed by atoms with E-state index >= 15 is 0 Å². The molecule has 19 heavy (non-hydrogen) atoms. The summed E-state index contributed by atoms with van der Waals surface area (Å²) in [6, 6.07) is 2.29. The fraction of sp³-hybridized carbons (Fsp3) is 0.714. The van der Waals surface area contributed by atoms with Gasteiger partial charge in [-0.2, -0.15) is 5.26 Å². The number of nitrogens with one attached hydrogen (secondary N) is 1. The van der Waals surface area contributed by atoms with Crippen LogP contribution in [-0.4, -0.2) is 55.0 Å². The van der Waals surface area contributed by atoms with Crippen molar-refractivity contribution in [3.8, 4) is 6.07 Å². The van der Waals surface area contributed by atoms with E-state index in [9.17, 15) is 4.79 Å². The highest BCUT2D eigenvalue weighted by Crippen LogP contribution is 2.18. The number of nitrogens with zero attached hydrogens (tertiary/aromatic N) is 3. The van der Waals surface area contributed by atoms with Crippen LogP contribution in [0.1, 0.15) is 25.7 Å². The normalized spacial score (nSPS) is 22.3. The van der Waals surface area contributed by atoms with Gasteiger partial charge in [-0.1, -0.05) is 12.8 Å². The molecule has 2 rings (SSSR count). The Morgan fingerprint density at radius 2 is 1.89 bits per heavy atom. The fourth-order valence-electron chi connectivity index (χ4n) is 2.61. The maximum atomic E-state index is 12.0. The number of amides is 1. The van der Waals surface area contributed by atoms with Gasteiger partial charge in [0, 0.05) is 38.4 Å². The molecule has 2 fully saturated rings. The van der Waals surface area contributed by atoms with E-state index in [1.807, 2.05) is 6.07 Å². The van der Waals surface area contributed by atoms with Gasteiger partial charge in [0.25, 0.3) is 5.91 Å². The SMILES string of the molecule is CN1CCN(/C=C(/C#N)C(=O)NC2CCCC2)CC1. The van der Waals surface area contributed by atoms with E-state index in [4.69, 9.17) is 5.26 Å². The average Bonchev–Trinajstić information content (AvgIpc) is 2.90. The molecular weight excluding hydrogens is 240 g/mol. The van der Waals surface area contributed by atoms with Gasteiger partial charge in [0.2, 0.25) is 0 Å². The predicted molar refractivity (Wildman–Crippen MR) is 73.2 cm³/mol. The standard InChI is InChI=1S/C14H22N4O/c1-17-6-8-18(9-7-17)11-12(10-15)14(19)16-13-4-2-3-5-13/h11,13H,2-9H2,1H3,(H,16,19)/b12-11-. The lowest BCUT2D eigenvalue weighted by atomic mass is 10.2. The van der Waals surface area contributed by atoms with Crippen molar-refractivity contribution in [1.82, 2.24) is 15.1 Å². The molecule has 0 spiro atoms. The van der Waals surface area contributed by atoms with Gasteiger partial charge < -0.3 is 15.1 Å². The van der Waals surface area contributed by atoms with Crippen LogP contribution in [-0.2, 0) is 4.79 Å². The number of piperazine rings is 1. The third-order valence-corrected chi connectivity index (χ3v) is 3.91. The zero-order chi connectivity index (χ0) is 13.7. The predicted octanol–water partition coefficient (Wildman–Crippen LogP) is 0.700. The molecule has 0 unspecified atom stereocenters. The Morgan fingerprint density at radius 1 is 1.26 bits per heavy atom. The molecule has 1 saturated carbocycles. The molecule has 104 valence electrons. The maximum Gasteiger partial charge on any atom is 0.263 e. The molecule has 5 nitrogen and oxygen atoms in total. The largest absolute Gasteiger partial charge is 0.374 e. The Balaban J connectivity index is 1.90. The van der Waals surface area contributed by atoms with Gasteiger partial charge in [0.05, 0.1) is 0 Å². The Bertz CT molecular complexity index is 385. The van der Waals surface area contributed by atoms with E-state index in [1.54, 1.807) is 6.20 Å². The molecule has 0 aromatic heterocycles. The van der Waals surface area contributed by atoms with Gasteiger partial charge in [-0.05, 0) is 19.9 Å². The highest BCUT2D eigenvalue weighted by molar-refractivity contribution is 5.97. The van der Waals surface area contributed by atoms with Crippen LogP contribution in [0.25, 0.3) is 0 Å². The molecule has 0 atom stereocenters. The second-order valence-electron chi connectivity index (χ2n) is 5.45. The summed E-state index contributed by atoms with van der Waals surface area (Å²) in [5, 5.41) is 12.1. The maximum absolute atomic E-state index is 12.0. The van der Waals surface area contributed by atoms with Crippen LogP contribution >= 0.6 is 0 Å². The average molecular weight is 262 g/mol. The Hall–Kier alpha value is -1.54. The lowest BCUT2D eigenvalue weighted by Crippen LogP contribution is -2.42. The van der Waals surface area contributed by atoms with Crippen molar-refractivity contribution in [2.75, 3.05) is 33.2 Å². The molecule has 0 radical (unpaired) electrons. The van der Waals surface area contributed by atoms with E-state index in [1.165, 1.54) is 12.8 Å². The lowest BCUT2D eigenvalue weighted by molar-refractivity contribution is -0.117. The smallest absolute Gasteiger partial charge is 0.263 e. The minimum absolute atomic E-state index is 0.215. The molecule has 1 heterocycles. The van der Waals surface area contributed by atoms with Crippen molar-refractivity contribution < 1.29 is 4.79 Å². The summed E-state index contributed by atoms with van der Waals surface area (Å²) in [5.74, 6) is -0.215. The van der Waals surface area contributed by atoms with Crippen molar-refractivity contribution in [2.24, 2.45) is 0 Å². The molecule has 1 aliphatic heterocycles. The Kier molecular flexibility index (Phi) is 4.80. The zero-order valence-electron chi connectivity index (χ0n) is 11.6. The third-order valence-electron chi connectivity index (χ3n) is 3.91. The highest BCUT2D eigenvalue weighted by atomic mass is 16.1. The van der Waals surface area contributed by atoms with E-state index in [2.05, 4.69) is 22.2 Å². The summed E-state index contributed by atoms with van der Waals surface area (Å²) in [7, 11) is 2.08. The third kappa shape index (κ3) is 3.97. The first kappa shape index (κ1) is 13.9. The van der Waals surface area contributed by atoms with Crippen LogP contribution in [0, 0.1) is 11.3 Å². The Morgan fingerprint density at radius 3 is 2.47 bits per heavy atom. The molecule has 1 saturated heterocycles. The monoisotopic (exact) mass is 262 g/mol. The molecular formula is C14H22N4O. The number of hydrogen-bond donors (Lipinski definition) is 1. The van der Waals surface area contributed by atoms with Gasteiger partial charge in [-0.3, -0.25) is 4.79 Å². The fourth-order valence-corrected chi connectivity index (χ4v) is 2.61. The first-order valence-corrected chi connectivity index (χ1v) is 7.04. The molecule has 1 N–H and O–H groups in total. The summed E-state index contributed by atoms with van der Waals surface area (Å²) in [6.07, 6.45) is 6.15. The van der Waals surface area contributed by atoms with Gasteiger partial charge in [0.1, 0.15) is 11.6 Å². The van der Waals surface area contributed by atoms with E-state index in [0.29, 0.717) is 0 Å². The summed E-state index contributed by atoms with van der Waals surface area (Å²) >= 11 is 0. The number of carbonyl (C=O) groups is 1. The second kappa shape index (κ2) is 6.58. The molecule has 2 aliphatic rings. The van der Waals surface area contributed by atoms with Crippen molar-refractivity contribution in [1.29, 1.82) is 5.26 Å². The lowest BCUT2D eigenvalue weighted by Gasteiger charge is -2.31. The van der Waals surface area contributed by atoms with Crippen LogP contribution in [0.2, 0.25) is 0 Å². The van der Waals surface area contributed by atoms with Gasteiger partial charge in [0.15, 0.2) is 0 Å². The van der Waals surface area contributed by atoms with Crippen molar-refractivity contribution in [2.45, 2.75) is 31.7 Å². The van der Waals surface area contributed by atoms with Crippen molar-refractivity contribution in [3.05, 3.63) is 11.8 Å². The van der Waals surface area contributed by atoms with Crippen LogP contribution < -0.4 is 5.32 Å². The summed E-state index contributed by atoms with van der Waals surface area (Å²) in [4.78, 5) is 16.3. The minimum atomic E-state index is -0.215. The summed E-state index contributed by atoms with van der Waals surface area (Å²) < 4.78 is 0. The first-order chi connectivity index (χ1) is 9.19. The number of likely N-dealkylation sites (N-methyl/N-ethyl adjacent to an activating group) is 1. The van der Waals surface area contributed by atoms with E-state index in [0.717, 1.165) is 39.0 Å². The summed E-state index contributed by atoms with van der Waals surface area (Å²) in [6.45, 7) is 3.69. The zero-order valence-corrected chi connectivity index (χ0v) is 11.6. The molecule has 0 aromatic carbocycles. The van der Waals surface area contributed by atoms with Crippen molar-refractivity contribution in [3.63, 3.8) is 0 Å². The van der Waals surface area contributed by atoms with Crippen LogP contribution in [0.15, 0.2) is 11.8 Å². The van der Waals surface area contributed by atoms with Crippen LogP contribution in [0.3, 0.4) is 0 Å². The van der Waals surface area contributed by atoms with Crippen LogP contribution in [0.5, 0.6) is 0 Å². The number of carbonyl (C=O) groups excluding carboxylic acids is 1. The minimum Gasteiger partial charge on any atom is -0.374 e. The first-order valence-electron chi connectivity index (χ1n) is 7.04. The summed E-state index contributed by atoms with van der Waals surface area (Å²) in [5.41, 5.74) is 0.233. The molecule has 0 bridgehead atoms. The van der Waals surface area contributed by atoms with Crippen LogP contribution in [0.4, 0.5) is 0 Å². The quantitative estimate of drug-likeness (QED) is 0.601. The van der Waals surface area contributed by atoms with Crippen molar-refractivity contribution >= 4 is 5.91 Å². The van der Waals surface area contributed by atoms with Gasteiger partial charge in [-0.25, -0.2) is 0 Å². The number of hydrogen-bond acceptors (Lipinski definition) is 4. The van der Waals surface area contributed by atoms with Gasteiger partial charge >= 0.3 is 0 Å². The van der Waals surface area contributed by atoms with E-state index in [-0.39, 0.29) is 17.5 Å². The molecule has 1 amide bonds. The molecule has 5 heteroatoms. The van der Waals surface area contributed by atoms with E-state index < -0.39 is 0 Å². The second-order valence-corrected chi connectivity index (χ2v) is 5.45.